The molecule has 0 aromatic carbocycles. The molecule has 3 nitrogen and oxygen atoms in total. The maximum Gasteiger partial charge on any atom is 0.262 e. The number of rotatable bonds is 11. The summed E-state index contributed by atoms with van der Waals surface area (Å²) in [5.74, 6) is -0.873. The summed E-state index contributed by atoms with van der Waals surface area (Å²) < 4.78 is 19.4. The van der Waals surface area contributed by atoms with Gasteiger partial charge in [-0.2, -0.15) is 4.39 Å². The Morgan fingerprint density at radius 2 is 1.81 bits per heavy atom. The second-order valence-electron chi connectivity index (χ2n) is 5.60. The number of halogens is 1. The Hall–Kier alpha value is -1.16. The Balaban J connectivity index is 2.18. The Bertz CT molecular complexity index is 366. The fraction of sp³-hybridized carbons (Fsp3) is 0.706. The van der Waals surface area contributed by atoms with Crippen molar-refractivity contribution in [2.45, 2.75) is 70.3 Å². The van der Waals surface area contributed by atoms with Crippen LogP contribution in [0.1, 0.15) is 64.7 Å². The van der Waals surface area contributed by atoms with Crippen molar-refractivity contribution in [2.75, 3.05) is 6.61 Å². The predicted octanol–water partition coefficient (Wildman–Crippen LogP) is 5.16. The number of unbranched alkanes of at least 4 members (excludes halogenated alkanes) is 7. The van der Waals surface area contributed by atoms with Crippen LogP contribution >= 0.6 is 0 Å². The van der Waals surface area contributed by atoms with Gasteiger partial charge in [-0.25, -0.2) is 0 Å². The molecule has 1 rings (SSSR count). The third kappa shape index (κ3) is 6.42. The van der Waals surface area contributed by atoms with Crippen molar-refractivity contribution in [1.82, 2.24) is 0 Å². The lowest BCUT2D eigenvalue weighted by Gasteiger charge is -2.28. The Kier molecular flexibility index (Phi) is 8.99. The molecule has 1 aliphatic carbocycles. The van der Waals surface area contributed by atoms with Crippen molar-refractivity contribution in [1.29, 1.82) is 0 Å². The third-order valence-corrected chi connectivity index (χ3v) is 3.83. The van der Waals surface area contributed by atoms with Crippen LogP contribution in [0.15, 0.2) is 29.5 Å². The molecule has 21 heavy (non-hydrogen) atoms. The number of oxime groups is 1. The van der Waals surface area contributed by atoms with E-state index in [-0.39, 0.29) is 0 Å². The topological polar surface area (TPSA) is 41.8 Å². The Morgan fingerprint density at radius 1 is 1.14 bits per heavy atom. The van der Waals surface area contributed by atoms with Crippen LogP contribution < -0.4 is 0 Å². The zero-order valence-corrected chi connectivity index (χ0v) is 13.1. The maximum atomic E-state index is 13.7. The van der Waals surface area contributed by atoms with Crippen LogP contribution in [0.2, 0.25) is 0 Å². The predicted molar refractivity (Wildman–Crippen MR) is 84.5 cm³/mol. The number of hydrogen-bond acceptors (Lipinski definition) is 3. The second kappa shape index (κ2) is 10.6. The van der Waals surface area contributed by atoms with Gasteiger partial charge < -0.3 is 9.94 Å². The summed E-state index contributed by atoms with van der Waals surface area (Å²) in [7, 11) is 0. The molecular formula is C17H28FNO2. The minimum atomic E-state index is -1.20. The molecule has 0 bridgehead atoms. The van der Waals surface area contributed by atoms with Crippen molar-refractivity contribution in [3.63, 3.8) is 0 Å². The SMILES string of the molecule is CCCCCCCCCCOC1(C(F)=NO)C=CC=CC1. The number of hydrogen-bond donors (Lipinski definition) is 1. The highest BCUT2D eigenvalue weighted by Crippen LogP contribution is 2.26. The molecule has 1 aliphatic rings. The first kappa shape index (κ1) is 17.9. The molecule has 0 spiro atoms. The van der Waals surface area contributed by atoms with Crippen molar-refractivity contribution >= 4 is 5.97 Å². The van der Waals surface area contributed by atoms with Gasteiger partial charge in [-0.1, -0.05) is 75.3 Å². The lowest BCUT2D eigenvalue weighted by atomic mass is 9.95. The van der Waals surface area contributed by atoms with E-state index < -0.39 is 11.6 Å². The molecule has 0 amide bonds. The van der Waals surface area contributed by atoms with Crippen LogP contribution in [-0.4, -0.2) is 23.4 Å². The van der Waals surface area contributed by atoms with Gasteiger partial charge >= 0.3 is 0 Å². The van der Waals surface area contributed by atoms with E-state index in [0.29, 0.717) is 13.0 Å². The first-order chi connectivity index (χ1) is 10.2. The van der Waals surface area contributed by atoms with Crippen molar-refractivity contribution in [2.24, 2.45) is 5.16 Å². The molecule has 4 heteroatoms. The first-order valence-corrected chi connectivity index (χ1v) is 8.11. The van der Waals surface area contributed by atoms with Crippen LogP contribution in [0.3, 0.4) is 0 Å². The summed E-state index contributed by atoms with van der Waals surface area (Å²) in [6.45, 7) is 2.70. The zero-order chi connectivity index (χ0) is 15.4. The fourth-order valence-corrected chi connectivity index (χ4v) is 2.50. The highest BCUT2D eigenvalue weighted by molar-refractivity contribution is 5.86. The second-order valence-corrected chi connectivity index (χ2v) is 5.60. The Morgan fingerprint density at radius 3 is 2.38 bits per heavy atom. The highest BCUT2D eigenvalue weighted by Gasteiger charge is 2.35. The molecule has 0 aromatic rings. The molecule has 0 heterocycles. The van der Waals surface area contributed by atoms with Crippen LogP contribution in [0.4, 0.5) is 4.39 Å². The summed E-state index contributed by atoms with van der Waals surface area (Å²) in [4.78, 5) is 0. The smallest absolute Gasteiger partial charge is 0.262 e. The minimum absolute atomic E-state index is 0.371. The Labute approximate surface area is 127 Å². The van der Waals surface area contributed by atoms with Gasteiger partial charge in [0.05, 0.1) is 0 Å². The lowest BCUT2D eigenvalue weighted by Crippen LogP contribution is -2.38. The molecular weight excluding hydrogens is 269 g/mol. The largest absolute Gasteiger partial charge is 0.409 e. The lowest BCUT2D eigenvalue weighted by molar-refractivity contribution is 0.0313. The summed E-state index contributed by atoms with van der Waals surface area (Å²) in [5.41, 5.74) is -1.20. The third-order valence-electron chi connectivity index (χ3n) is 3.83. The van der Waals surface area contributed by atoms with E-state index in [9.17, 15) is 4.39 Å². The van der Waals surface area contributed by atoms with Gasteiger partial charge in [0.2, 0.25) is 0 Å². The minimum Gasteiger partial charge on any atom is -0.409 e. The van der Waals surface area contributed by atoms with Crippen LogP contribution in [0.5, 0.6) is 0 Å². The molecule has 120 valence electrons. The van der Waals surface area contributed by atoms with Gasteiger partial charge in [0, 0.05) is 13.0 Å². The van der Waals surface area contributed by atoms with Gasteiger partial charge in [-0.15, -0.1) is 0 Å². The standard InChI is InChI=1S/C17H28FNO2/c1-2-3-4-5-6-7-8-12-15-21-17(16(18)19-20)13-10-9-11-14-17/h9-11,13,20H,2-8,12,14-15H2,1H3. The molecule has 0 fully saturated rings. The van der Waals surface area contributed by atoms with E-state index in [2.05, 4.69) is 12.1 Å². The van der Waals surface area contributed by atoms with Gasteiger partial charge in [-0.05, 0) is 12.5 Å². The number of nitrogens with zero attached hydrogens (tertiary/aromatic N) is 1. The highest BCUT2D eigenvalue weighted by atomic mass is 19.1. The maximum absolute atomic E-state index is 13.7. The van der Waals surface area contributed by atoms with E-state index in [1.165, 1.54) is 38.5 Å². The summed E-state index contributed by atoms with van der Waals surface area (Å²) >= 11 is 0. The molecule has 0 saturated carbocycles. The molecule has 1 N–H and O–H groups in total. The average molecular weight is 297 g/mol. The number of allylic oxidation sites excluding steroid dienone is 2. The molecule has 0 aliphatic heterocycles. The van der Waals surface area contributed by atoms with Crippen molar-refractivity contribution in [3.05, 3.63) is 24.3 Å². The van der Waals surface area contributed by atoms with Gasteiger partial charge in [-0.3, -0.25) is 0 Å². The fourth-order valence-electron chi connectivity index (χ4n) is 2.50. The van der Waals surface area contributed by atoms with Gasteiger partial charge in [0.15, 0.2) is 5.60 Å². The monoisotopic (exact) mass is 297 g/mol. The average Bonchev–Trinajstić information content (AvgIpc) is 2.53. The molecule has 1 unspecified atom stereocenters. The van der Waals surface area contributed by atoms with Crippen LogP contribution in [-0.2, 0) is 4.74 Å². The van der Waals surface area contributed by atoms with Crippen LogP contribution in [0.25, 0.3) is 0 Å². The first-order valence-electron chi connectivity index (χ1n) is 8.11. The summed E-state index contributed by atoms with van der Waals surface area (Å²) in [6, 6.07) is 0. The van der Waals surface area contributed by atoms with Crippen molar-refractivity contribution < 1.29 is 14.3 Å². The molecule has 1 atom stereocenters. The van der Waals surface area contributed by atoms with Crippen molar-refractivity contribution in [3.8, 4) is 0 Å². The van der Waals surface area contributed by atoms with E-state index in [0.717, 1.165) is 12.8 Å². The van der Waals surface area contributed by atoms with E-state index in [1.54, 1.807) is 12.2 Å². The van der Waals surface area contributed by atoms with Gasteiger partial charge in [0.25, 0.3) is 5.97 Å². The zero-order valence-electron chi connectivity index (χ0n) is 13.1. The van der Waals surface area contributed by atoms with Crippen LogP contribution in [0, 0.1) is 0 Å². The van der Waals surface area contributed by atoms with Gasteiger partial charge in [0.1, 0.15) is 0 Å². The van der Waals surface area contributed by atoms with E-state index in [1.807, 2.05) is 12.2 Å². The molecule has 0 saturated heterocycles. The molecule has 0 aromatic heterocycles. The summed E-state index contributed by atoms with van der Waals surface area (Å²) in [6.07, 6.45) is 17.1. The quantitative estimate of drug-likeness (QED) is 0.248. The normalized spacial score (nSPS) is 21.9. The van der Waals surface area contributed by atoms with E-state index in [4.69, 9.17) is 9.94 Å². The number of ether oxygens (including phenoxy) is 1. The summed E-state index contributed by atoms with van der Waals surface area (Å²) in [5, 5.41) is 11.4. The van der Waals surface area contributed by atoms with E-state index >= 15 is 0 Å². The molecule has 0 radical (unpaired) electrons.